The maximum atomic E-state index is 11.8. The zero-order valence-corrected chi connectivity index (χ0v) is 8.65. The predicted octanol–water partition coefficient (Wildman–Crippen LogP) is 2.47. The number of thioether (sulfide) groups is 1. The molecule has 0 saturated carbocycles. The van der Waals surface area contributed by atoms with E-state index >= 15 is 0 Å². The molecule has 1 aromatic rings. The van der Waals surface area contributed by atoms with Gasteiger partial charge in [-0.05, 0) is 31.2 Å². The Morgan fingerprint density at radius 1 is 1.46 bits per heavy atom. The molecule has 0 amide bonds. The van der Waals surface area contributed by atoms with Crippen LogP contribution in [0.15, 0.2) is 18.2 Å². The predicted molar refractivity (Wildman–Crippen MR) is 56.5 cm³/mol. The highest BCUT2D eigenvalue weighted by atomic mass is 32.2. The Kier molecular flexibility index (Phi) is 2.16. The summed E-state index contributed by atoms with van der Waals surface area (Å²) in [5, 5.41) is 0.164. The fourth-order valence-electron chi connectivity index (χ4n) is 1.75. The molecule has 0 N–H and O–H groups in total. The van der Waals surface area contributed by atoms with Gasteiger partial charge in [-0.2, -0.15) is 11.8 Å². The lowest BCUT2D eigenvalue weighted by atomic mass is 10.1. The van der Waals surface area contributed by atoms with Crippen molar-refractivity contribution in [3.63, 3.8) is 0 Å². The number of hydrogen-bond donors (Lipinski definition) is 0. The van der Waals surface area contributed by atoms with Crippen molar-refractivity contribution >= 4 is 17.5 Å². The van der Waals surface area contributed by atoms with Gasteiger partial charge in [-0.25, -0.2) is 0 Å². The normalized spacial score (nSPS) is 20.5. The van der Waals surface area contributed by atoms with Crippen LogP contribution >= 0.6 is 11.8 Å². The molecule has 68 valence electrons. The lowest BCUT2D eigenvalue weighted by molar-refractivity contribution is 0.100. The van der Waals surface area contributed by atoms with Crippen LogP contribution in [-0.4, -0.2) is 17.3 Å². The van der Waals surface area contributed by atoms with Gasteiger partial charge in [0.05, 0.1) is 5.25 Å². The highest BCUT2D eigenvalue weighted by molar-refractivity contribution is 8.00. The van der Waals surface area contributed by atoms with E-state index in [1.807, 2.05) is 19.2 Å². The van der Waals surface area contributed by atoms with Gasteiger partial charge in [0, 0.05) is 5.56 Å². The molecular formula is C11H12OS. The number of Topliss-reactive ketones (excluding diaryl/α,β-unsaturated/α-hetero) is 1. The summed E-state index contributed by atoms with van der Waals surface area (Å²) in [5.41, 5.74) is 3.34. The Hall–Kier alpha value is -0.760. The van der Waals surface area contributed by atoms with Crippen LogP contribution < -0.4 is 0 Å². The third-order valence-corrected chi connectivity index (χ3v) is 3.46. The number of carbonyl (C=O) groups excluding carboxylic acids is 1. The van der Waals surface area contributed by atoms with Gasteiger partial charge >= 0.3 is 0 Å². The smallest absolute Gasteiger partial charge is 0.176 e. The molecule has 1 aliphatic carbocycles. The summed E-state index contributed by atoms with van der Waals surface area (Å²) in [6, 6.07) is 6.17. The molecule has 1 aliphatic rings. The lowest BCUT2D eigenvalue weighted by Gasteiger charge is -2.00. The minimum atomic E-state index is 0.164. The quantitative estimate of drug-likeness (QED) is 0.680. The molecule has 0 spiro atoms. The van der Waals surface area contributed by atoms with Crippen molar-refractivity contribution in [2.75, 3.05) is 6.26 Å². The van der Waals surface area contributed by atoms with Crippen molar-refractivity contribution in [3.8, 4) is 0 Å². The van der Waals surface area contributed by atoms with E-state index < -0.39 is 0 Å². The van der Waals surface area contributed by atoms with E-state index in [9.17, 15) is 4.79 Å². The van der Waals surface area contributed by atoms with Gasteiger partial charge in [0.1, 0.15) is 0 Å². The van der Waals surface area contributed by atoms with E-state index in [1.54, 1.807) is 11.8 Å². The first kappa shape index (κ1) is 8.82. The molecule has 1 nitrogen and oxygen atoms in total. The summed E-state index contributed by atoms with van der Waals surface area (Å²) < 4.78 is 0. The molecule has 1 aromatic carbocycles. The maximum Gasteiger partial charge on any atom is 0.176 e. The summed E-state index contributed by atoms with van der Waals surface area (Å²) in [5.74, 6) is 0.311. The van der Waals surface area contributed by atoms with Crippen molar-refractivity contribution in [2.45, 2.75) is 18.6 Å². The number of benzene rings is 1. The largest absolute Gasteiger partial charge is 0.293 e. The van der Waals surface area contributed by atoms with Gasteiger partial charge in [-0.15, -0.1) is 0 Å². The molecule has 13 heavy (non-hydrogen) atoms. The van der Waals surface area contributed by atoms with E-state index in [-0.39, 0.29) is 5.25 Å². The summed E-state index contributed by atoms with van der Waals surface area (Å²) in [4.78, 5) is 11.8. The lowest BCUT2D eigenvalue weighted by Crippen LogP contribution is -2.10. The fraction of sp³-hybridized carbons (Fsp3) is 0.364. The second-order valence-electron chi connectivity index (χ2n) is 3.45. The van der Waals surface area contributed by atoms with Crippen LogP contribution in [0.3, 0.4) is 0 Å². The summed E-state index contributed by atoms with van der Waals surface area (Å²) >= 11 is 1.65. The molecule has 0 saturated heterocycles. The highest BCUT2D eigenvalue weighted by Crippen LogP contribution is 2.29. The maximum absolute atomic E-state index is 11.8. The molecular weight excluding hydrogens is 180 g/mol. The Bertz CT molecular complexity index is 357. The van der Waals surface area contributed by atoms with Gasteiger partial charge in [-0.1, -0.05) is 17.7 Å². The molecule has 0 heterocycles. The van der Waals surface area contributed by atoms with Crippen LogP contribution in [0.25, 0.3) is 0 Å². The standard InChI is InChI=1S/C11H12OS/c1-7-3-4-8-6-10(13-2)11(12)9(8)5-7/h3-5,10H,6H2,1-2H3. The average Bonchev–Trinajstić information content (AvgIpc) is 2.44. The fourth-order valence-corrected chi connectivity index (χ4v) is 2.44. The van der Waals surface area contributed by atoms with Crippen molar-refractivity contribution in [1.82, 2.24) is 0 Å². The molecule has 2 rings (SSSR count). The monoisotopic (exact) mass is 192 g/mol. The molecule has 1 unspecified atom stereocenters. The number of hydrogen-bond acceptors (Lipinski definition) is 2. The van der Waals surface area contributed by atoms with Gasteiger partial charge in [0.25, 0.3) is 0 Å². The molecule has 2 heteroatoms. The van der Waals surface area contributed by atoms with E-state index in [4.69, 9.17) is 0 Å². The Labute approximate surface area is 82.5 Å². The SMILES string of the molecule is CSC1Cc2ccc(C)cc2C1=O. The average molecular weight is 192 g/mol. The molecule has 0 aromatic heterocycles. The zero-order valence-electron chi connectivity index (χ0n) is 7.83. The molecule has 0 bridgehead atoms. The van der Waals surface area contributed by atoms with Crippen LogP contribution in [0.1, 0.15) is 21.5 Å². The van der Waals surface area contributed by atoms with E-state index in [0.717, 1.165) is 12.0 Å². The molecule has 1 atom stereocenters. The molecule has 0 aliphatic heterocycles. The van der Waals surface area contributed by atoms with Gasteiger partial charge in [0.15, 0.2) is 5.78 Å². The third-order valence-electron chi connectivity index (χ3n) is 2.51. The molecule has 0 fully saturated rings. The van der Waals surface area contributed by atoms with Crippen LogP contribution in [0, 0.1) is 6.92 Å². The van der Waals surface area contributed by atoms with E-state index in [1.165, 1.54) is 11.1 Å². The number of aryl methyl sites for hydroxylation is 1. The summed E-state index contributed by atoms with van der Waals surface area (Å²) in [6.45, 7) is 2.03. The first-order valence-electron chi connectivity index (χ1n) is 4.39. The first-order valence-corrected chi connectivity index (χ1v) is 5.67. The van der Waals surface area contributed by atoms with Crippen molar-refractivity contribution in [2.24, 2.45) is 0 Å². The summed E-state index contributed by atoms with van der Waals surface area (Å²) in [6.07, 6.45) is 2.91. The topological polar surface area (TPSA) is 17.1 Å². The second-order valence-corrected chi connectivity index (χ2v) is 4.49. The number of carbonyl (C=O) groups is 1. The van der Waals surface area contributed by atoms with Crippen LogP contribution in [-0.2, 0) is 6.42 Å². The summed E-state index contributed by atoms with van der Waals surface area (Å²) in [7, 11) is 0. The van der Waals surface area contributed by atoms with Crippen LogP contribution in [0.4, 0.5) is 0 Å². The number of ketones is 1. The van der Waals surface area contributed by atoms with Gasteiger partial charge in [-0.3, -0.25) is 4.79 Å². The Balaban J connectivity index is 2.45. The van der Waals surface area contributed by atoms with E-state index in [2.05, 4.69) is 12.1 Å². The zero-order chi connectivity index (χ0) is 9.42. The minimum absolute atomic E-state index is 0.164. The minimum Gasteiger partial charge on any atom is -0.293 e. The van der Waals surface area contributed by atoms with Gasteiger partial charge in [0.2, 0.25) is 0 Å². The first-order chi connectivity index (χ1) is 6.22. The Morgan fingerprint density at radius 3 is 2.92 bits per heavy atom. The Morgan fingerprint density at radius 2 is 2.23 bits per heavy atom. The van der Waals surface area contributed by atoms with Crippen LogP contribution in [0.2, 0.25) is 0 Å². The van der Waals surface area contributed by atoms with Crippen molar-refractivity contribution in [1.29, 1.82) is 0 Å². The second kappa shape index (κ2) is 3.18. The third kappa shape index (κ3) is 1.39. The van der Waals surface area contributed by atoms with E-state index in [0.29, 0.717) is 5.78 Å². The number of fused-ring (bicyclic) bond motifs is 1. The van der Waals surface area contributed by atoms with Crippen molar-refractivity contribution < 1.29 is 4.79 Å². The number of rotatable bonds is 1. The molecule has 0 radical (unpaired) electrons. The van der Waals surface area contributed by atoms with Crippen LogP contribution in [0.5, 0.6) is 0 Å². The van der Waals surface area contributed by atoms with Gasteiger partial charge < -0.3 is 0 Å². The highest BCUT2D eigenvalue weighted by Gasteiger charge is 2.29. The van der Waals surface area contributed by atoms with Crippen molar-refractivity contribution in [3.05, 3.63) is 34.9 Å².